The van der Waals surface area contributed by atoms with E-state index in [1.54, 1.807) is 24.3 Å². The van der Waals surface area contributed by atoms with Crippen molar-refractivity contribution in [1.82, 2.24) is 0 Å². The maximum Gasteiger partial charge on any atom is 0.255 e. The van der Waals surface area contributed by atoms with Crippen molar-refractivity contribution in [3.05, 3.63) is 83.2 Å². The minimum absolute atomic E-state index is 0.0185. The lowest BCUT2D eigenvalue weighted by Gasteiger charge is -2.19. The number of anilines is 2. The Morgan fingerprint density at radius 3 is 1.74 bits per heavy atom. The van der Waals surface area contributed by atoms with Crippen molar-refractivity contribution < 1.29 is 23.5 Å². The van der Waals surface area contributed by atoms with Gasteiger partial charge in [-0.25, -0.2) is 4.39 Å². The molecular formula is C28H31FN2O4. The highest BCUT2D eigenvalue weighted by Gasteiger charge is 2.19. The second kappa shape index (κ2) is 11.0. The number of hydrogen-bond acceptors (Lipinski definition) is 4. The Hall–Kier alpha value is -3.87. The lowest BCUT2D eigenvalue weighted by Crippen LogP contribution is -2.16. The average molecular weight is 479 g/mol. The third kappa shape index (κ3) is 6.59. The molecule has 0 spiro atoms. The van der Waals surface area contributed by atoms with Crippen LogP contribution in [0.2, 0.25) is 0 Å². The number of benzene rings is 3. The summed E-state index contributed by atoms with van der Waals surface area (Å²) in [5.41, 5.74) is 2.53. The number of carbonyl (C=O) groups is 2. The van der Waals surface area contributed by atoms with Crippen molar-refractivity contribution in [2.24, 2.45) is 0 Å². The summed E-state index contributed by atoms with van der Waals surface area (Å²) < 4.78 is 25.0. The van der Waals surface area contributed by atoms with E-state index in [4.69, 9.17) is 9.47 Å². The number of ether oxygens (including phenoxy) is 2. The molecule has 0 fully saturated rings. The third-order valence-corrected chi connectivity index (χ3v) is 5.28. The fourth-order valence-electron chi connectivity index (χ4n) is 3.45. The van der Waals surface area contributed by atoms with E-state index in [2.05, 4.69) is 31.4 Å². The lowest BCUT2D eigenvalue weighted by molar-refractivity contribution is 0.101. The molecule has 3 aromatic rings. The van der Waals surface area contributed by atoms with Crippen molar-refractivity contribution in [3.63, 3.8) is 0 Å². The van der Waals surface area contributed by atoms with Crippen molar-refractivity contribution in [2.75, 3.05) is 23.8 Å². The third-order valence-electron chi connectivity index (χ3n) is 5.28. The Bertz CT molecular complexity index is 1200. The van der Waals surface area contributed by atoms with Crippen LogP contribution in [-0.2, 0) is 5.41 Å². The Morgan fingerprint density at radius 1 is 0.771 bits per heavy atom. The largest absolute Gasteiger partial charge is 0.492 e. The highest BCUT2D eigenvalue weighted by molar-refractivity contribution is 6.07. The Balaban J connectivity index is 1.90. The van der Waals surface area contributed by atoms with Gasteiger partial charge >= 0.3 is 0 Å². The molecule has 0 aliphatic carbocycles. The molecule has 0 aliphatic rings. The van der Waals surface area contributed by atoms with Crippen LogP contribution < -0.4 is 20.1 Å². The van der Waals surface area contributed by atoms with Crippen LogP contribution in [0.25, 0.3) is 0 Å². The van der Waals surface area contributed by atoms with Gasteiger partial charge in [0, 0.05) is 23.3 Å². The SMILES string of the molecule is CCOc1cc(NC(=O)c2cccc(F)c2)c(OCC)cc1NC(=O)c1ccc(C(C)(C)C)cc1. The summed E-state index contributed by atoms with van der Waals surface area (Å²) in [6.07, 6.45) is 0. The Morgan fingerprint density at radius 2 is 1.29 bits per heavy atom. The summed E-state index contributed by atoms with van der Waals surface area (Å²) in [4.78, 5) is 25.7. The van der Waals surface area contributed by atoms with Gasteiger partial charge in [-0.3, -0.25) is 9.59 Å². The minimum atomic E-state index is -0.508. The van der Waals surface area contributed by atoms with Crippen LogP contribution in [-0.4, -0.2) is 25.0 Å². The predicted octanol–water partition coefficient (Wildman–Crippen LogP) is 6.43. The quantitative estimate of drug-likeness (QED) is 0.391. The van der Waals surface area contributed by atoms with Crippen molar-refractivity contribution in [2.45, 2.75) is 40.0 Å². The molecule has 3 aromatic carbocycles. The maximum atomic E-state index is 13.6. The molecule has 6 nitrogen and oxygen atoms in total. The van der Waals surface area contributed by atoms with E-state index in [0.717, 1.165) is 11.6 Å². The number of amides is 2. The molecule has 184 valence electrons. The van der Waals surface area contributed by atoms with Crippen molar-refractivity contribution >= 4 is 23.2 Å². The molecular weight excluding hydrogens is 447 g/mol. The topological polar surface area (TPSA) is 76.7 Å². The van der Waals surface area contributed by atoms with Gasteiger partial charge in [0.15, 0.2) is 0 Å². The highest BCUT2D eigenvalue weighted by atomic mass is 19.1. The Kier molecular flexibility index (Phi) is 8.12. The molecule has 7 heteroatoms. The summed E-state index contributed by atoms with van der Waals surface area (Å²) >= 11 is 0. The molecule has 2 N–H and O–H groups in total. The van der Waals surface area contributed by atoms with E-state index in [-0.39, 0.29) is 16.9 Å². The van der Waals surface area contributed by atoms with Gasteiger partial charge in [-0.1, -0.05) is 39.0 Å². The molecule has 0 radical (unpaired) electrons. The van der Waals surface area contributed by atoms with Crippen LogP contribution in [0.1, 0.15) is 60.9 Å². The summed E-state index contributed by atoms with van der Waals surface area (Å²) in [6, 6.07) is 16.0. The molecule has 35 heavy (non-hydrogen) atoms. The van der Waals surface area contributed by atoms with Gasteiger partial charge in [0.1, 0.15) is 17.3 Å². The summed E-state index contributed by atoms with van der Waals surface area (Å²) in [5.74, 6) is -0.593. The molecule has 0 aromatic heterocycles. The number of nitrogens with one attached hydrogen (secondary N) is 2. The Labute approximate surface area is 205 Å². The zero-order valence-electron chi connectivity index (χ0n) is 20.7. The summed E-state index contributed by atoms with van der Waals surface area (Å²) in [6.45, 7) is 10.6. The van der Waals surface area contributed by atoms with Gasteiger partial charge in [0.25, 0.3) is 11.8 Å². The number of carbonyl (C=O) groups excluding carboxylic acids is 2. The first-order valence-electron chi connectivity index (χ1n) is 11.5. The van der Waals surface area contributed by atoms with E-state index in [1.165, 1.54) is 18.2 Å². The zero-order valence-corrected chi connectivity index (χ0v) is 20.7. The molecule has 0 saturated heterocycles. The number of hydrogen-bond donors (Lipinski definition) is 2. The number of rotatable bonds is 8. The molecule has 0 unspecified atom stereocenters. The predicted molar refractivity (Wildman–Crippen MR) is 136 cm³/mol. The van der Waals surface area contributed by atoms with Crippen LogP contribution in [0, 0.1) is 5.82 Å². The van der Waals surface area contributed by atoms with Crippen LogP contribution in [0.3, 0.4) is 0 Å². The van der Waals surface area contributed by atoms with E-state index >= 15 is 0 Å². The molecule has 0 heterocycles. The molecule has 0 aliphatic heterocycles. The van der Waals surface area contributed by atoms with Crippen LogP contribution in [0.5, 0.6) is 11.5 Å². The molecule has 0 saturated carbocycles. The van der Waals surface area contributed by atoms with Crippen molar-refractivity contribution in [3.8, 4) is 11.5 Å². The van der Waals surface area contributed by atoms with Gasteiger partial charge in [-0.05, 0) is 55.2 Å². The molecule has 3 rings (SSSR count). The smallest absolute Gasteiger partial charge is 0.255 e. The monoisotopic (exact) mass is 478 g/mol. The normalized spacial score (nSPS) is 11.0. The second-order valence-electron chi connectivity index (χ2n) is 8.96. The van der Waals surface area contributed by atoms with Gasteiger partial charge in [0.2, 0.25) is 0 Å². The summed E-state index contributed by atoms with van der Waals surface area (Å²) in [5, 5.41) is 5.63. The van der Waals surface area contributed by atoms with Gasteiger partial charge in [-0.2, -0.15) is 0 Å². The first-order chi connectivity index (χ1) is 16.6. The standard InChI is InChI=1S/C28H31FN2O4/c1-6-34-24-17-23(31-27(33)19-9-8-10-21(29)15-19)25(35-7-2)16-22(24)30-26(32)18-11-13-20(14-12-18)28(3,4)5/h8-17H,6-7H2,1-5H3,(H,30,32)(H,31,33). The average Bonchev–Trinajstić information content (AvgIpc) is 2.81. The minimum Gasteiger partial charge on any atom is -0.492 e. The second-order valence-corrected chi connectivity index (χ2v) is 8.96. The number of halogens is 1. The van der Waals surface area contributed by atoms with E-state index in [9.17, 15) is 14.0 Å². The lowest BCUT2D eigenvalue weighted by atomic mass is 9.87. The molecule has 2 amide bonds. The van der Waals surface area contributed by atoms with E-state index < -0.39 is 11.7 Å². The van der Waals surface area contributed by atoms with Crippen LogP contribution in [0.4, 0.5) is 15.8 Å². The first-order valence-corrected chi connectivity index (χ1v) is 11.5. The van der Waals surface area contributed by atoms with Gasteiger partial charge in [-0.15, -0.1) is 0 Å². The highest BCUT2D eigenvalue weighted by Crippen LogP contribution is 2.37. The van der Waals surface area contributed by atoms with Gasteiger partial charge in [0.05, 0.1) is 24.6 Å². The fourth-order valence-corrected chi connectivity index (χ4v) is 3.45. The van der Waals surface area contributed by atoms with Crippen molar-refractivity contribution in [1.29, 1.82) is 0 Å². The fraction of sp³-hybridized carbons (Fsp3) is 0.286. The van der Waals surface area contributed by atoms with Crippen LogP contribution in [0.15, 0.2) is 60.7 Å². The molecule has 0 atom stereocenters. The maximum absolute atomic E-state index is 13.6. The molecule has 0 bridgehead atoms. The first kappa shape index (κ1) is 25.7. The van der Waals surface area contributed by atoms with E-state index in [1.807, 2.05) is 26.0 Å². The summed E-state index contributed by atoms with van der Waals surface area (Å²) in [7, 11) is 0. The van der Waals surface area contributed by atoms with E-state index in [0.29, 0.717) is 41.7 Å². The van der Waals surface area contributed by atoms with Crippen LogP contribution >= 0.6 is 0 Å². The zero-order chi connectivity index (χ0) is 25.6. The van der Waals surface area contributed by atoms with Gasteiger partial charge < -0.3 is 20.1 Å².